The topological polar surface area (TPSA) is 61.4 Å². The lowest BCUT2D eigenvalue weighted by molar-refractivity contribution is 0.630. The Kier molecular flexibility index (Phi) is 5.33. The van der Waals surface area contributed by atoms with Crippen molar-refractivity contribution in [1.82, 2.24) is 29.8 Å². The number of fused-ring (bicyclic) bond motifs is 1. The van der Waals surface area contributed by atoms with Gasteiger partial charge < -0.3 is 0 Å². The van der Waals surface area contributed by atoms with Crippen molar-refractivity contribution in [1.29, 1.82) is 0 Å². The fourth-order valence-electron chi connectivity index (χ4n) is 3.28. The fraction of sp³-hybridized carbons (Fsp3) is 0.0909. The molecule has 0 aliphatic heterocycles. The molecule has 5 aromatic rings. The summed E-state index contributed by atoms with van der Waals surface area (Å²) in [6.07, 6.45) is 0. The van der Waals surface area contributed by atoms with Gasteiger partial charge >= 0.3 is 0 Å². The minimum atomic E-state index is 0.486. The molecule has 0 unspecified atom stereocenters. The van der Waals surface area contributed by atoms with Crippen molar-refractivity contribution in [3.63, 3.8) is 0 Å². The number of hydrogen-bond acceptors (Lipinski definition) is 5. The first-order chi connectivity index (χ1) is 14.8. The summed E-state index contributed by atoms with van der Waals surface area (Å²) in [5.41, 5.74) is 4.09. The van der Waals surface area contributed by atoms with Gasteiger partial charge in [-0.2, -0.15) is 0 Å². The highest BCUT2D eigenvalue weighted by Gasteiger charge is 2.16. The van der Waals surface area contributed by atoms with Gasteiger partial charge in [-0.25, -0.2) is 4.68 Å². The Morgan fingerprint density at radius 2 is 1.67 bits per heavy atom. The van der Waals surface area contributed by atoms with Crippen LogP contribution in [0.5, 0.6) is 0 Å². The number of para-hydroxylation sites is 2. The maximum absolute atomic E-state index is 4.50. The van der Waals surface area contributed by atoms with Gasteiger partial charge in [-0.15, -0.1) is 15.3 Å². The highest BCUT2D eigenvalue weighted by Crippen LogP contribution is 2.27. The summed E-state index contributed by atoms with van der Waals surface area (Å²) in [5, 5.41) is 18.4. The van der Waals surface area contributed by atoms with Gasteiger partial charge in [0.2, 0.25) is 0 Å². The average molecular weight is 477 g/mol. The first-order valence-corrected chi connectivity index (χ1v) is 11.2. The van der Waals surface area contributed by atoms with E-state index in [1.54, 1.807) is 11.8 Å². The van der Waals surface area contributed by atoms with Gasteiger partial charge in [0.25, 0.3) is 0 Å². The zero-order chi connectivity index (χ0) is 20.3. The normalized spacial score (nSPS) is 11.2. The van der Waals surface area contributed by atoms with Gasteiger partial charge in [-0.05, 0) is 42.0 Å². The molecule has 0 aliphatic carbocycles. The predicted molar refractivity (Wildman–Crippen MR) is 122 cm³/mol. The SMILES string of the molecule is Brc1cccc(CSc2nnc(Cn3nnc4ccccc43)n2-c2ccccc2)c1. The van der Waals surface area contributed by atoms with Crippen molar-refractivity contribution < 1.29 is 0 Å². The Morgan fingerprint density at radius 1 is 0.833 bits per heavy atom. The molecular formula is C22H17BrN6S. The van der Waals surface area contributed by atoms with Crippen LogP contribution in [0.4, 0.5) is 0 Å². The van der Waals surface area contributed by atoms with Gasteiger partial charge in [-0.3, -0.25) is 4.57 Å². The van der Waals surface area contributed by atoms with Crippen LogP contribution in [-0.2, 0) is 12.3 Å². The van der Waals surface area contributed by atoms with E-state index in [9.17, 15) is 0 Å². The first-order valence-electron chi connectivity index (χ1n) is 9.43. The summed E-state index contributed by atoms with van der Waals surface area (Å²) < 4.78 is 5.03. The van der Waals surface area contributed by atoms with Gasteiger partial charge in [0.15, 0.2) is 11.0 Å². The number of hydrogen-bond donors (Lipinski definition) is 0. The number of halogens is 1. The quantitative estimate of drug-likeness (QED) is 0.318. The summed E-state index contributed by atoms with van der Waals surface area (Å²) in [4.78, 5) is 0. The summed E-state index contributed by atoms with van der Waals surface area (Å²) in [7, 11) is 0. The molecule has 0 saturated carbocycles. The summed E-state index contributed by atoms with van der Waals surface area (Å²) in [5.74, 6) is 1.62. The van der Waals surface area contributed by atoms with Crippen molar-refractivity contribution >= 4 is 38.7 Å². The molecule has 6 nitrogen and oxygen atoms in total. The number of nitrogens with zero attached hydrogens (tertiary/aromatic N) is 6. The van der Waals surface area contributed by atoms with Crippen LogP contribution in [0.25, 0.3) is 16.7 Å². The molecule has 30 heavy (non-hydrogen) atoms. The summed E-state index contributed by atoms with van der Waals surface area (Å²) in [6.45, 7) is 0.486. The Labute approximate surface area is 186 Å². The number of rotatable bonds is 6. The molecule has 0 bridgehead atoms. The molecule has 8 heteroatoms. The molecule has 0 fully saturated rings. The van der Waals surface area contributed by atoms with Crippen molar-refractivity contribution in [2.24, 2.45) is 0 Å². The smallest absolute Gasteiger partial charge is 0.196 e. The Morgan fingerprint density at radius 3 is 2.53 bits per heavy atom. The minimum absolute atomic E-state index is 0.486. The molecule has 0 radical (unpaired) electrons. The van der Waals surface area contributed by atoms with E-state index >= 15 is 0 Å². The number of aromatic nitrogens is 6. The maximum Gasteiger partial charge on any atom is 0.196 e. The Hall–Kier alpha value is -2.97. The second kappa shape index (κ2) is 8.41. The lowest BCUT2D eigenvalue weighted by Gasteiger charge is -2.10. The van der Waals surface area contributed by atoms with E-state index < -0.39 is 0 Å². The van der Waals surface area contributed by atoms with Crippen LogP contribution in [0.1, 0.15) is 11.4 Å². The van der Waals surface area contributed by atoms with Gasteiger partial charge in [0.1, 0.15) is 12.1 Å². The van der Waals surface area contributed by atoms with Crippen molar-refractivity contribution in [2.45, 2.75) is 17.5 Å². The monoisotopic (exact) mass is 476 g/mol. The van der Waals surface area contributed by atoms with Gasteiger partial charge in [0.05, 0.1) is 5.52 Å². The van der Waals surface area contributed by atoms with Crippen LogP contribution in [-0.4, -0.2) is 29.8 Å². The van der Waals surface area contributed by atoms with Crippen molar-refractivity contribution in [3.8, 4) is 5.69 Å². The highest BCUT2D eigenvalue weighted by atomic mass is 79.9. The predicted octanol–water partition coefficient (Wildman–Crippen LogP) is 5.12. The summed E-state index contributed by atoms with van der Waals surface area (Å²) in [6, 6.07) is 26.4. The molecule has 0 N–H and O–H groups in total. The first kappa shape index (κ1) is 19.0. The molecule has 0 aliphatic rings. The van der Waals surface area contributed by atoms with Crippen LogP contribution in [0.2, 0.25) is 0 Å². The van der Waals surface area contributed by atoms with E-state index in [2.05, 4.69) is 65.3 Å². The third-order valence-electron chi connectivity index (χ3n) is 4.68. The van der Waals surface area contributed by atoms with Crippen LogP contribution >= 0.6 is 27.7 Å². The minimum Gasteiger partial charge on any atom is -0.272 e. The molecule has 0 spiro atoms. The highest BCUT2D eigenvalue weighted by molar-refractivity contribution is 9.10. The Balaban J connectivity index is 1.50. The largest absolute Gasteiger partial charge is 0.272 e. The van der Waals surface area contributed by atoms with Crippen molar-refractivity contribution in [3.05, 3.63) is 94.7 Å². The van der Waals surface area contributed by atoms with Crippen LogP contribution < -0.4 is 0 Å². The van der Waals surface area contributed by atoms with E-state index in [0.29, 0.717) is 6.54 Å². The molecule has 3 aromatic carbocycles. The van der Waals surface area contributed by atoms with E-state index in [1.807, 2.05) is 59.3 Å². The molecular weight excluding hydrogens is 460 g/mol. The third-order valence-corrected chi connectivity index (χ3v) is 6.18. The van der Waals surface area contributed by atoms with Crippen molar-refractivity contribution in [2.75, 3.05) is 0 Å². The molecule has 0 amide bonds. The van der Waals surface area contributed by atoms with Crippen LogP contribution in [0, 0.1) is 0 Å². The molecule has 2 aromatic heterocycles. The van der Waals surface area contributed by atoms with Gasteiger partial charge in [-0.1, -0.05) is 75.4 Å². The van der Waals surface area contributed by atoms with Gasteiger partial charge in [0, 0.05) is 15.9 Å². The molecule has 0 atom stereocenters. The van der Waals surface area contributed by atoms with E-state index in [0.717, 1.165) is 37.9 Å². The van der Waals surface area contributed by atoms with E-state index in [1.165, 1.54) is 5.56 Å². The average Bonchev–Trinajstić information content (AvgIpc) is 3.37. The Bertz CT molecular complexity index is 1300. The molecule has 0 saturated heterocycles. The van der Waals surface area contributed by atoms with E-state index in [4.69, 9.17) is 0 Å². The second-order valence-corrected chi connectivity index (χ2v) is 8.58. The maximum atomic E-state index is 4.50. The molecule has 2 heterocycles. The lowest BCUT2D eigenvalue weighted by atomic mass is 10.2. The number of benzene rings is 3. The fourth-order valence-corrected chi connectivity index (χ4v) is 4.64. The standard InChI is InChI=1S/C22H17BrN6S/c23-17-8-6-7-16(13-17)15-30-22-26-25-21(29(22)18-9-2-1-3-10-18)14-28-20-12-5-4-11-19(20)24-27-28/h1-13H,14-15H2. The number of thioether (sulfide) groups is 1. The molecule has 148 valence electrons. The van der Waals surface area contributed by atoms with E-state index in [-0.39, 0.29) is 0 Å². The molecule has 5 rings (SSSR count). The lowest BCUT2D eigenvalue weighted by Crippen LogP contribution is -2.09. The zero-order valence-corrected chi connectivity index (χ0v) is 18.3. The van der Waals surface area contributed by atoms with Crippen LogP contribution in [0.15, 0.2) is 88.5 Å². The van der Waals surface area contributed by atoms with Crippen LogP contribution in [0.3, 0.4) is 0 Å². The summed E-state index contributed by atoms with van der Waals surface area (Å²) >= 11 is 5.20. The zero-order valence-electron chi connectivity index (χ0n) is 15.9. The third kappa shape index (κ3) is 3.88. The second-order valence-electron chi connectivity index (χ2n) is 6.72.